The normalized spacial score (nSPS) is 15.6. The van der Waals surface area contributed by atoms with Gasteiger partial charge in [0, 0.05) is 27.2 Å². The van der Waals surface area contributed by atoms with Gasteiger partial charge in [0.05, 0.1) is 0 Å². The number of hydrogen-bond acceptors (Lipinski definition) is 2. The molecule has 1 aromatic rings. The molecule has 0 saturated heterocycles. The molecule has 1 fully saturated rings. The quantitative estimate of drug-likeness (QED) is 0.579. The Morgan fingerprint density at radius 3 is 2.62 bits per heavy atom. The predicted molar refractivity (Wildman–Crippen MR) is 104 cm³/mol. The maximum Gasteiger partial charge on any atom is 0.243 e. The van der Waals surface area contributed by atoms with Crippen LogP contribution in [0.4, 0.5) is 4.39 Å². The van der Waals surface area contributed by atoms with Crippen molar-refractivity contribution in [2.24, 2.45) is 10.9 Å². The lowest BCUT2D eigenvalue weighted by molar-refractivity contribution is -0.127. The second-order valence-corrected chi connectivity index (χ2v) is 7.11. The molecule has 1 amide bonds. The summed E-state index contributed by atoms with van der Waals surface area (Å²) in [5, 5.41) is 6.59. The summed E-state index contributed by atoms with van der Waals surface area (Å²) in [4.78, 5) is 17.7. The van der Waals surface area contributed by atoms with E-state index in [1.165, 1.54) is 43.1 Å². The van der Waals surface area contributed by atoms with E-state index >= 15 is 0 Å². The Bertz CT molecular complexity index is 597. The number of aliphatic imine (C=N–C) groups is 1. The maximum absolute atomic E-state index is 13.7. The number of nitrogens with zero attached hydrogens (tertiary/aromatic N) is 2. The summed E-state index contributed by atoms with van der Waals surface area (Å²) in [6.07, 6.45) is 6.96. The largest absolute Gasteiger partial charge is 0.356 e. The summed E-state index contributed by atoms with van der Waals surface area (Å²) in [5.41, 5.74) is 0.677. The van der Waals surface area contributed by atoms with Crippen LogP contribution in [0.3, 0.4) is 0 Å². The molecule has 1 aliphatic carbocycles. The minimum Gasteiger partial charge on any atom is -0.356 e. The average molecular weight is 362 g/mol. The Kier molecular flexibility index (Phi) is 8.38. The van der Waals surface area contributed by atoms with Crippen LogP contribution in [0.5, 0.6) is 0 Å². The fraction of sp³-hybridized carbons (Fsp3) is 0.600. The minimum absolute atomic E-state index is 0.0436. The Morgan fingerprint density at radius 2 is 1.92 bits per heavy atom. The van der Waals surface area contributed by atoms with E-state index in [9.17, 15) is 9.18 Å². The zero-order valence-corrected chi connectivity index (χ0v) is 15.9. The molecule has 0 aliphatic heterocycles. The highest BCUT2D eigenvalue weighted by Gasteiger charge is 2.14. The Balaban J connectivity index is 1.87. The Morgan fingerprint density at radius 1 is 1.19 bits per heavy atom. The summed E-state index contributed by atoms with van der Waals surface area (Å²) in [6, 6.07) is 6.79. The third-order valence-corrected chi connectivity index (χ3v) is 4.80. The number of nitrogens with one attached hydrogen (secondary N) is 2. The van der Waals surface area contributed by atoms with Gasteiger partial charge in [0.15, 0.2) is 5.96 Å². The number of amides is 1. The highest BCUT2D eigenvalue weighted by atomic mass is 19.1. The van der Waals surface area contributed by atoms with Gasteiger partial charge in [-0.25, -0.2) is 9.38 Å². The number of guanidine groups is 1. The van der Waals surface area contributed by atoms with E-state index in [1.54, 1.807) is 26.2 Å². The average Bonchev–Trinajstić information content (AvgIpc) is 2.65. The van der Waals surface area contributed by atoms with Crippen molar-refractivity contribution < 1.29 is 9.18 Å². The molecular weight excluding hydrogens is 331 g/mol. The fourth-order valence-electron chi connectivity index (χ4n) is 3.11. The Labute approximate surface area is 156 Å². The van der Waals surface area contributed by atoms with Crippen molar-refractivity contribution in [1.29, 1.82) is 0 Å². The molecule has 0 aromatic heterocycles. The Hall–Kier alpha value is -2.11. The molecule has 1 saturated carbocycles. The zero-order valence-electron chi connectivity index (χ0n) is 15.9. The molecule has 0 radical (unpaired) electrons. The van der Waals surface area contributed by atoms with Gasteiger partial charge < -0.3 is 15.5 Å². The van der Waals surface area contributed by atoms with E-state index in [1.807, 2.05) is 6.07 Å². The molecule has 144 valence electrons. The molecule has 2 N–H and O–H groups in total. The number of benzene rings is 1. The first-order valence-electron chi connectivity index (χ1n) is 9.52. The first-order chi connectivity index (χ1) is 12.6. The van der Waals surface area contributed by atoms with Gasteiger partial charge in [-0.3, -0.25) is 4.79 Å². The molecular formula is C20H31FN4O. The fourth-order valence-corrected chi connectivity index (χ4v) is 3.11. The van der Waals surface area contributed by atoms with Crippen molar-refractivity contribution in [3.05, 3.63) is 35.6 Å². The van der Waals surface area contributed by atoms with Crippen molar-refractivity contribution in [2.75, 3.05) is 33.7 Å². The van der Waals surface area contributed by atoms with Gasteiger partial charge in [0.2, 0.25) is 5.91 Å². The first kappa shape index (κ1) is 20.2. The predicted octanol–water partition coefficient (Wildman–Crippen LogP) is 2.57. The van der Waals surface area contributed by atoms with E-state index in [0.29, 0.717) is 30.4 Å². The van der Waals surface area contributed by atoms with Gasteiger partial charge in [0.25, 0.3) is 0 Å². The zero-order chi connectivity index (χ0) is 18.8. The van der Waals surface area contributed by atoms with Crippen molar-refractivity contribution in [1.82, 2.24) is 15.5 Å². The van der Waals surface area contributed by atoms with Crippen molar-refractivity contribution >= 4 is 11.9 Å². The van der Waals surface area contributed by atoms with Crippen molar-refractivity contribution in [3.8, 4) is 0 Å². The second kappa shape index (κ2) is 10.8. The smallest absolute Gasteiger partial charge is 0.243 e. The number of carbonyl (C=O) groups is 1. The first-order valence-corrected chi connectivity index (χ1v) is 9.52. The van der Waals surface area contributed by atoms with Crippen LogP contribution < -0.4 is 10.6 Å². The lowest BCUT2D eigenvalue weighted by Gasteiger charge is -2.23. The van der Waals surface area contributed by atoms with Crippen molar-refractivity contribution in [3.63, 3.8) is 0 Å². The lowest BCUT2D eigenvalue weighted by Crippen LogP contribution is -2.41. The molecule has 0 atom stereocenters. The number of rotatable bonds is 7. The van der Waals surface area contributed by atoms with Crippen LogP contribution in [0.1, 0.15) is 37.7 Å². The summed E-state index contributed by atoms with van der Waals surface area (Å²) in [6.45, 7) is 1.53. The lowest BCUT2D eigenvalue weighted by atomic mass is 9.89. The van der Waals surface area contributed by atoms with Crippen LogP contribution in [-0.2, 0) is 11.2 Å². The molecule has 0 heterocycles. The molecule has 1 aliphatic rings. The monoisotopic (exact) mass is 362 g/mol. The molecule has 0 spiro atoms. The van der Waals surface area contributed by atoms with E-state index in [0.717, 1.165) is 6.54 Å². The van der Waals surface area contributed by atoms with Gasteiger partial charge in [-0.2, -0.15) is 0 Å². The van der Waals surface area contributed by atoms with Gasteiger partial charge in [-0.05, 0) is 36.8 Å². The van der Waals surface area contributed by atoms with Gasteiger partial charge in [-0.1, -0.05) is 37.5 Å². The molecule has 0 unspecified atom stereocenters. The van der Waals surface area contributed by atoms with Crippen LogP contribution in [-0.4, -0.2) is 50.5 Å². The number of carbonyl (C=O) groups excluding carboxylic acids is 1. The third kappa shape index (κ3) is 7.02. The summed E-state index contributed by atoms with van der Waals surface area (Å²) in [7, 11) is 3.44. The second-order valence-electron chi connectivity index (χ2n) is 7.11. The standard InChI is InChI=1S/C20H31FN4O/c1-25(2)19(26)15-24-20(23-14-16-8-4-3-5-9-16)22-13-12-17-10-6-7-11-18(17)21/h6-7,10-11,16H,3-5,8-9,12-15H2,1-2H3,(H2,22,23,24). The summed E-state index contributed by atoms with van der Waals surface area (Å²) in [5.74, 6) is 1.05. The molecule has 1 aromatic carbocycles. The SMILES string of the molecule is CN(C)C(=O)CN=C(NCCc1ccccc1F)NCC1CCCCC1. The van der Waals surface area contributed by atoms with Gasteiger partial charge in [-0.15, -0.1) is 0 Å². The molecule has 2 rings (SSSR count). The van der Waals surface area contributed by atoms with E-state index < -0.39 is 0 Å². The van der Waals surface area contributed by atoms with Crippen LogP contribution in [0, 0.1) is 11.7 Å². The van der Waals surface area contributed by atoms with Crippen LogP contribution >= 0.6 is 0 Å². The minimum atomic E-state index is -0.189. The summed E-state index contributed by atoms with van der Waals surface area (Å²) < 4.78 is 13.7. The maximum atomic E-state index is 13.7. The van der Waals surface area contributed by atoms with E-state index in [2.05, 4.69) is 15.6 Å². The third-order valence-electron chi connectivity index (χ3n) is 4.80. The molecule has 5 nitrogen and oxygen atoms in total. The molecule has 0 bridgehead atoms. The summed E-state index contributed by atoms with van der Waals surface area (Å²) >= 11 is 0. The van der Waals surface area contributed by atoms with Crippen molar-refractivity contribution in [2.45, 2.75) is 38.5 Å². The van der Waals surface area contributed by atoms with Gasteiger partial charge >= 0.3 is 0 Å². The molecule has 26 heavy (non-hydrogen) atoms. The number of hydrogen-bond donors (Lipinski definition) is 2. The number of likely N-dealkylation sites (N-methyl/N-ethyl adjacent to an activating group) is 1. The highest BCUT2D eigenvalue weighted by Crippen LogP contribution is 2.22. The van der Waals surface area contributed by atoms with E-state index in [-0.39, 0.29) is 18.3 Å². The molecule has 6 heteroatoms. The van der Waals surface area contributed by atoms with Gasteiger partial charge in [0.1, 0.15) is 12.4 Å². The van der Waals surface area contributed by atoms with Crippen LogP contribution in [0.25, 0.3) is 0 Å². The highest BCUT2D eigenvalue weighted by molar-refractivity contribution is 5.84. The van der Waals surface area contributed by atoms with E-state index in [4.69, 9.17) is 0 Å². The van der Waals surface area contributed by atoms with Crippen LogP contribution in [0.2, 0.25) is 0 Å². The van der Waals surface area contributed by atoms with Crippen LogP contribution in [0.15, 0.2) is 29.3 Å². The number of halogens is 1. The topological polar surface area (TPSA) is 56.7 Å².